The Bertz CT molecular complexity index is 872. The van der Waals surface area contributed by atoms with E-state index in [9.17, 15) is 4.79 Å². The normalized spacial score (nSPS) is 15.0. The van der Waals surface area contributed by atoms with Crippen molar-refractivity contribution in [3.8, 4) is 10.6 Å². The van der Waals surface area contributed by atoms with Crippen molar-refractivity contribution >= 4 is 44.1 Å². The van der Waals surface area contributed by atoms with Crippen LogP contribution in [0.2, 0.25) is 0 Å². The number of ether oxygens (including phenoxy) is 1. The van der Waals surface area contributed by atoms with Gasteiger partial charge in [0.25, 0.3) is 5.91 Å². The third kappa shape index (κ3) is 2.75. The van der Waals surface area contributed by atoms with Gasteiger partial charge in [-0.3, -0.25) is 10.2 Å². The molecule has 0 atom stereocenters. The fourth-order valence-corrected chi connectivity index (χ4v) is 4.34. The number of hydrogen-bond donors (Lipinski definition) is 2. The van der Waals surface area contributed by atoms with E-state index in [1.54, 1.807) is 17.4 Å². The number of nitrogens with two attached hydrogens (primary N) is 1. The van der Waals surface area contributed by atoms with E-state index in [0.717, 1.165) is 33.5 Å². The number of morpholine rings is 1. The number of aromatic nitrogens is 2. The monoisotopic (exact) mass is 361 g/mol. The Morgan fingerprint density at radius 1 is 1.33 bits per heavy atom. The maximum atomic E-state index is 12.2. The van der Waals surface area contributed by atoms with E-state index in [-0.39, 0.29) is 5.91 Å². The average molecular weight is 361 g/mol. The van der Waals surface area contributed by atoms with Crippen LogP contribution in [0.25, 0.3) is 20.9 Å². The quantitative estimate of drug-likeness (QED) is 0.420. The highest BCUT2D eigenvalue weighted by atomic mass is 32.1. The summed E-state index contributed by atoms with van der Waals surface area (Å²) in [6, 6.07) is 5.70. The van der Waals surface area contributed by atoms with Crippen LogP contribution in [-0.2, 0) is 4.74 Å². The number of carbonyl (C=O) groups is 1. The molecule has 4 rings (SSSR count). The zero-order valence-electron chi connectivity index (χ0n) is 12.7. The molecule has 3 aromatic rings. The molecule has 0 aliphatic carbocycles. The fourth-order valence-electron chi connectivity index (χ4n) is 2.59. The standard InChI is InChI=1S/C15H15N5O2S2/c16-19-14(21)9-8-10(11-2-1-7-23-11)17-13-12(9)24-15(18-13)20-3-5-22-6-4-20/h1-2,7-8H,3-6,16H2,(H,19,21). The Labute approximate surface area is 146 Å². The largest absolute Gasteiger partial charge is 0.378 e. The lowest BCUT2D eigenvalue weighted by Crippen LogP contribution is -2.36. The number of pyridine rings is 1. The first-order valence-electron chi connectivity index (χ1n) is 7.45. The first kappa shape index (κ1) is 15.5. The van der Waals surface area contributed by atoms with Crippen molar-refractivity contribution in [1.29, 1.82) is 0 Å². The topological polar surface area (TPSA) is 93.4 Å². The van der Waals surface area contributed by atoms with Crippen LogP contribution in [0.4, 0.5) is 5.13 Å². The van der Waals surface area contributed by atoms with Gasteiger partial charge in [-0.2, -0.15) is 4.98 Å². The van der Waals surface area contributed by atoms with Crippen LogP contribution in [0.1, 0.15) is 10.4 Å². The number of nitrogens with zero attached hydrogens (tertiary/aromatic N) is 3. The number of thiazole rings is 1. The Balaban J connectivity index is 1.85. The van der Waals surface area contributed by atoms with Crippen molar-refractivity contribution in [2.75, 3.05) is 31.2 Å². The van der Waals surface area contributed by atoms with Gasteiger partial charge in [-0.1, -0.05) is 17.4 Å². The number of rotatable bonds is 3. The van der Waals surface area contributed by atoms with Gasteiger partial charge in [0.15, 0.2) is 10.8 Å². The molecule has 24 heavy (non-hydrogen) atoms. The summed E-state index contributed by atoms with van der Waals surface area (Å²) in [7, 11) is 0. The van der Waals surface area contributed by atoms with Gasteiger partial charge in [0.2, 0.25) is 0 Å². The highest BCUT2D eigenvalue weighted by Gasteiger charge is 2.21. The summed E-state index contributed by atoms with van der Waals surface area (Å²) in [4.78, 5) is 24.7. The van der Waals surface area contributed by atoms with Gasteiger partial charge in [0, 0.05) is 13.1 Å². The molecule has 3 N–H and O–H groups in total. The molecule has 0 unspecified atom stereocenters. The van der Waals surface area contributed by atoms with E-state index in [1.807, 2.05) is 17.5 Å². The van der Waals surface area contributed by atoms with Crippen LogP contribution in [0.15, 0.2) is 23.6 Å². The Morgan fingerprint density at radius 3 is 2.88 bits per heavy atom. The van der Waals surface area contributed by atoms with Crippen LogP contribution in [0.3, 0.4) is 0 Å². The second-order valence-electron chi connectivity index (χ2n) is 5.25. The molecule has 0 aromatic carbocycles. The summed E-state index contributed by atoms with van der Waals surface area (Å²) in [5.74, 6) is 5.02. The number of nitrogens with one attached hydrogen (secondary N) is 1. The number of fused-ring (bicyclic) bond motifs is 1. The Morgan fingerprint density at radius 2 is 2.17 bits per heavy atom. The van der Waals surface area contributed by atoms with Gasteiger partial charge in [-0.25, -0.2) is 10.8 Å². The molecule has 124 valence electrons. The maximum absolute atomic E-state index is 12.2. The van der Waals surface area contributed by atoms with Gasteiger partial charge in [0.05, 0.1) is 34.0 Å². The molecule has 1 aliphatic heterocycles. The number of amides is 1. The third-order valence-electron chi connectivity index (χ3n) is 3.78. The molecule has 1 amide bonds. The fraction of sp³-hybridized carbons (Fsp3) is 0.267. The molecule has 0 saturated carbocycles. The van der Waals surface area contributed by atoms with Crippen LogP contribution < -0.4 is 16.2 Å². The predicted molar refractivity (Wildman–Crippen MR) is 95.4 cm³/mol. The van der Waals surface area contributed by atoms with E-state index in [4.69, 9.17) is 10.6 Å². The molecular weight excluding hydrogens is 346 g/mol. The minimum absolute atomic E-state index is 0.336. The lowest BCUT2D eigenvalue weighted by atomic mass is 10.2. The average Bonchev–Trinajstić information content (AvgIpc) is 3.30. The van der Waals surface area contributed by atoms with Gasteiger partial charge < -0.3 is 9.64 Å². The van der Waals surface area contributed by atoms with Crippen LogP contribution in [0.5, 0.6) is 0 Å². The summed E-state index contributed by atoms with van der Waals surface area (Å²) < 4.78 is 6.13. The van der Waals surface area contributed by atoms with Crippen molar-refractivity contribution < 1.29 is 9.53 Å². The van der Waals surface area contributed by atoms with Crippen molar-refractivity contribution in [2.24, 2.45) is 5.84 Å². The maximum Gasteiger partial charge on any atom is 0.266 e. The van der Waals surface area contributed by atoms with Gasteiger partial charge in [-0.15, -0.1) is 11.3 Å². The molecule has 9 heteroatoms. The minimum atomic E-state index is -0.336. The molecule has 0 radical (unpaired) electrons. The molecule has 0 bridgehead atoms. The van der Waals surface area contributed by atoms with E-state index in [0.29, 0.717) is 24.4 Å². The van der Waals surface area contributed by atoms with Crippen LogP contribution >= 0.6 is 22.7 Å². The number of hydrazine groups is 1. The second kappa shape index (κ2) is 6.44. The molecule has 0 spiro atoms. The first-order chi connectivity index (χ1) is 11.8. The van der Waals surface area contributed by atoms with E-state index < -0.39 is 0 Å². The summed E-state index contributed by atoms with van der Waals surface area (Å²) in [5.41, 5.74) is 4.03. The number of thiophene rings is 1. The Hall–Kier alpha value is -2.07. The summed E-state index contributed by atoms with van der Waals surface area (Å²) in [6.07, 6.45) is 0. The molecule has 1 fully saturated rings. The lowest BCUT2D eigenvalue weighted by Gasteiger charge is -2.25. The molecule has 7 nitrogen and oxygen atoms in total. The minimum Gasteiger partial charge on any atom is -0.378 e. The third-order valence-corrected chi connectivity index (χ3v) is 5.81. The smallest absolute Gasteiger partial charge is 0.266 e. The summed E-state index contributed by atoms with van der Waals surface area (Å²) in [6.45, 7) is 2.94. The number of hydrogen-bond acceptors (Lipinski definition) is 8. The molecule has 3 aromatic heterocycles. The molecule has 1 saturated heterocycles. The number of carbonyl (C=O) groups excluding carboxylic acids is 1. The Kier molecular flexibility index (Phi) is 4.15. The summed E-state index contributed by atoms with van der Waals surface area (Å²) in [5, 5.41) is 2.83. The number of anilines is 1. The number of nitrogen functional groups attached to an aromatic ring is 1. The van der Waals surface area contributed by atoms with Crippen molar-refractivity contribution in [1.82, 2.24) is 15.4 Å². The highest BCUT2D eigenvalue weighted by Crippen LogP contribution is 2.34. The molecule has 4 heterocycles. The summed E-state index contributed by atoms with van der Waals surface area (Å²) >= 11 is 3.03. The van der Waals surface area contributed by atoms with Gasteiger partial charge in [-0.05, 0) is 17.5 Å². The van der Waals surface area contributed by atoms with E-state index in [2.05, 4.69) is 20.3 Å². The van der Waals surface area contributed by atoms with Gasteiger partial charge >= 0.3 is 0 Å². The van der Waals surface area contributed by atoms with Crippen LogP contribution in [-0.4, -0.2) is 42.2 Å². The zero-order chi connectivity index (χ0) is 16.5. The van der Waals surface area contributed by atoms with Crippen molar-refractivity contribution in [2.45, 2.75) is 0 Å². The van der Waals surface area contributed by atoms with Crippen molar-refractivity contribution in [3.63, 3.8) is 0 Å². The SMILES string of the molecule is NNC(=O)c1cc(-c2cccs2)nc2nc(N3CCOCC3)sc12. The van der Waals surface area contributed by atoms with Crippen LogP contribution in [0, 0.1) is 0 Å². The lowest BCUT2D eigenvalue weighted by molar-refractivity contribution is 0.0955. The predicted octanol–water partition coefficient (Wildman–Crippen LogP) is 1.86. The second-order valence-corrected chi connectivity index (χ2v) is 7.18. The molecule has 1 aliphatic rings. The van der Waals surface area contributed by atoms with E-state index >= 15 is 0 Å². The van der Waals surface area contributed by atoms with Crippen molar-refractivity contribution in [3.05, 3.63) is 29.1 Å². The van der Waals surface area contributed by atoms with E-state index in [1.165, 1.54) is 11.3 Å². The first-order valence-corrected chi connectivity index (χ1v) is 9.15. The highest BCUT2D eigenvalue weighted by molar-refractivity contribution is 7.22. The zero-order valence-corrected chi connectivity index (χ0v) is 14.3. The molecular formula is C15H15N5O2S2. The van der Waals surface area contributed by atoms with Gasteiger partial charge in [0.1, 0.15) is 0 Å².